The van der Waals surface area contributed by atoms with Gasteiger partial charge in [-0.3, -0.25) is 14.5 Å². The van der Waals surface area contributed by atoms with Crippen LogP contribution in [0.5, 0.6) is 11.5 Å². The van der Waals surface area contributed by atoms with Crippen molar-refractivity contribution in [3.05, 3.63) is 88.8 Å². The van der Waals surface area contributed by atoms with E-state index in [1.807, 2.05) is 0 Å². The number of anilines is 2. The van der Waals surface area contributed by atoms with E-state index in [0.29, 0.717) is 26.4 Å². The highest BCUT2D eigenvalue weighted by molar-refractivity contribution is 8.27. The SMILES string of the molecule is COc1ccc(N2C(=O)/C(=C/c3ccc(OCC(=O)Nc4cccc(C(F)(F)F)c4)cc3)SC2=S)cc1. The summed E-state index contributed by atoms with van der Waals surface area (Å²) in [6, 6.07) is 18.0. The minimum atomic E-state index is -4.51. The number of thioether (sulfide) groups is 1. The maximum Gasteiger partial charge on any atom is 0.416 e. The van der Waals surface area contributed by atoms with E-state index in [4.69, 9.17) is 21.7 Å². The largest absolute Gasteiger partial charge is 0.497 e. The first-order chi connectivity index (χ1) is 17.6. The quantitative estimate of drug-likeness (QED) is 0.285. The van der Waals surface area contributed by atoms with Crippen LogP contribution in [0.4, 0.5) is 24.5 Å². The van der Waals surface area contributed by atoms with Gasteiger partial charge in [0.15, 0.2) is 10.9 Å². The monoisotopic (exact) mass is 544 g/mol. The molecule has 6 nitrogen and oxygen atoms in total. The molecular weight excluding hydrogens is 525 g/mol. The van der Waals surface area contributed by atoms with Crippen LogP contribution < -0.4 is 19.7 Å². The fourth-order valence-electron chi connectivity index (χ4n) is 3.35. The van der Waals surface area contributed by atoms with Crippen LogP contribution in [-0.4, -0.2) is 29.9 Å². The molecule has 3 aromatic carbocycles. The first-order valence-electron chi connectivity index (χ1n) is 10.8. The molecular formula is C26H19F3N2O4S2. The number of benzene rings is 3. The van der Waals surface area contributed by atoms with Crippen molar-refractivity contribution in [1.82, 2.24) is 0 Å². The molecule has 1 saturated heterocycles. The Balaban J connectivity index is 1.35. The summed E-state index contributed by atoms with van der Waals surface area (Å²) in [4.78, 5) is 26.9. The normalized spacial score (nSPS) is 14.7. The smallest absolute Gasteiger partial charge is 0.416 e. The number of carbonyl (C=O) groups is 2. The lowest BCUT2D eigenvalue weighted by Crippen LogP contribution is -2.27. The summed E-state index contributed by atoms with van der Waals surface area (Å²) < 4.78 is 49.5. The Bertz CT molecular complexity index is 1360. The maximum absolute atomic E-state index is 12.9. The van der Waals surface area contributed by atoms with Gasteiger partial charge in [-0.15, -0.1) is 0 Å². The third kappa shape index (κ3) is 6.49. The lowest BCUT2D eigenvalue weighted by atomic mass is 10.2. The van der Waals surface area contributed by atoms with Crippen LogP contribution in [0.25, 0.3) is 6.08 Å². The average molecular weight is 545 g/mol. The van der Waals surface area contributed by atoms with E-state index >= 15 is 0 Å². The molecule has 1 aliphatic heterocycles. The van der Waals surface area contributed by atoms with E-state index in [2.05, 4.69) is 5.32 Å². The summed E-state index contributed by atoms with van der Waals surface area (Å²) in [6.07, 6.45) is -2.80. The minimum absolute atomic E-state index is 0.0192. The number of carbonyl (C=O) groups excluding carboxylic acids is 2. The van der Waals surface area contributed by atoms with Crippen LogP contribution in [0.3, 0.4) is 0 Å². The molecule has 1 heterocycles. The van der Waals surface area contributed by atoms with Crippen LogP contribution in [-0.2, 0) is 15.8 Å². The van der Waals surface area contributed by atoms with Gasteiger partial charge in [-0.25, -0.2) is 0 Å². The van der Waals surface area contributed by atoms with Crippen molar-refractivity contribution in [3.63, 3.8) is 0 Å². The van der Waals surface area contributed by atoms with Crippen molar-refractivity contribution in [2.24, 2.45) is 0 Å². The minimum Gasteiger partial charge on any atom is -0.497 e. The van der Waals surface area contributed by atoms with Crippen LogP contribution in [0.1, 0.15) is 11.1 Å². The Labute approximate surface area is 220 Å². The zero-order chi connectivity index (χ0) is 26.6. The van der Waals surface area contributed by atoms with Gasteiger partial charge in [0, 0.05) is 5.69 Å². The number of hydrogen-bond acceptors (Lipinski definition) is 6. The fourth-order valence-corrected chi connectivity index (χ4v) is 4.65. The molecule has 1 N–H and O–H groups in total. The predicted molar refractivity (Wildman–Crippen MR) is 141 cm³/mol. The Morgan fingerprint density at radius 1 is 1.05 bits per heavy atom. The number of methoxy groups -OCH3 is 1. The number of nitrogens with zero attached hydrogens (tertiary/aromatic N) is 1. The van der Waals surface area contributed by atoms with Gasteiger partial charge in [0.25, 0.3) is 11.8 Å². The third-order valence-corrected chi connectivity index (χ3v) is 6.45. The molecule has 37 heavy (non-hydrogen) atoms. The Kier molecular flexibility index (Phi) is 7.84. The zero-order valence-corrected chi connectivity index (χ0v) is 20.9. The Morgan fingerprint density at radius 2 is 1.73 bits per heavy atom. The lowest BCUT2D eigenvalue weighted by molar-refractivity contribution is -0.137. The van der Waals surface area contributed by atoms with Gasteiger partial charge in [0.2, 0.25) is 0 Å². The molecule has 0 aliphatic carbocycles. The molecule has 11 heteroatoms. The summed E-state index contributed by atoms with van der Waals surface area (Å²) in [6.45, 7) is -0.393. The van der Waals surface area contributed by atoms with Crippen LogP contribution in [0.15, 0.2) is 77.7 Å². The Hall–Kier alpha value is -3.83. The van der Waals surface area contributed by atoms with E-state index in [1.54, 1.807) is 61.7 Å². The summed E-state index contributed by atoms with van der Waals surface area (Å²) in [5.41, 5.74) is 0.517. The topological polar surface area (TPSA) is 67.9 Å². The molecule has 0 unspecified atom stereocenters. The van der Waals surface area contributed by atoms with Gasteiger partial charge in [0.1, 0.15) is 11.5 Å². The second-order valence-electron chi connectivity index (χ2n) is 7.70. The molecule has 4 rings (SSSR count). The third-order valence-electron chi connectivity index (χ3n) is 5.15. The van der Waals surface area contributed by atoms with E-state index in [0.717, 1.165) is 17.7 Å². The highest BCUT2D eigenvalue weighted by atomic mass is 32.2. The van der Waals surface area contributed by atoms with Crippen molar-refractivity contribution in [2.45, 2.75) is 6.18 Å². The first-order valence-corrected chi connectivity index (χ1v) is 12.0. The second-order valence-corrected chi connectivity index (χ2v) is 9.38. The molecule has 0 spiro atoms. The van der Waals surface area contributed by atoms with Crippen molar-refractivity contribution in [2.75, 3.05) is 23.9 Å². The van der Waals surface area contributed by atoms with Crippen molar-refractivity contribution in [1.29, 1.82) is 0 Å². The summed E-state index contributed by atoms with van der Waals surface area (Å²) in [5, 5.41) is 2.38. The van der Waals surface area contributed by atoms with Gasteiger partial charge in [0.05, 0.1) is 23.3 Å². The van der Waals surface area contributed by atoms with Crippen LogP contribution >= 0.6 is 24.0 Å². The summed E-state index contributed by atoms with van der Waals surface area (Å²) >= 11 is 6.57. The van der Waals surface area contributed by atoms with Gasteiger partial charge in [-0.1, -0.05) is 42.2 Å². The zero-order valence-electron chi connectivity index (χ0n) is 19.2. The van der Waals surface area contributed by atoms with E-state index < -0.39 is 24.3 Å². The van der Waals surface area contributed by atoms with Crippen molar-refractivity contribution >= 4 is 57.6 Å². The summed E-state index contributed by atoms with van der Waals surface area (Å²) in [7, 11) is 1.56. The maximum atomic E-state index is 12.9. The molecule has 3 aromatic rings. The number of halogens is 3. The number of ether oxygens (including phenoxy) is 2. The van der Waals surface area contributed by atoms with E-state index in [9.17, 15) is 22.8 Å². The average Bonchev–Trinajstić information content (AvgIpc) is 3.15. The number of amides is 2. The van der Waals surface area contributed by atoms with E-state index in [1.165, 1.54) is 28.8 Å². The highest BCUT2D eigenvalue weighted by Crippen LogP contribution is 2.36. The molecule has 190 valence electrons. The molecule has 0 bridgehead atoms. The molecule has 0 radical (unpaired) electrons. The molecule has 2 amide bonds. The van der Waals surface area contributed by atoms with Gasteiger partial charge in [-0.05, 0) is 66.2 Å². The van der Waals surface area contributed by atoms with Gasteiger partial charge in [-0.2, -0.15) is 13.2 Å². The fraction of sp³-hybridized carbons (Fsp3) is 0.115. The van der Waals surface area contributed by atoms with Crippen LogP contribution in [0.2, 0.25) is 0 Å². The number of thiocarbonyl (C=S) groups is 1. The number of rotatable bonds is 7. The molecule has 1 fully saturated rings. The first kappa shape index (κ1) is 26.2. The van der Waals surface area contributed by atoms with E-state index in [-0.39, 0.29) is 11.6 Å². The lowest BCUT2D eigenvalue weighted by Gasteiger charge is -2.14. The summed E-state index contributed by atoms with van der Waals surface area (Å²) in [5.74, 6) is 0.194. The Morgan fingerprint density at radius 3 is 2.38 bits per heavy atom. The number of alkyl halides is 3. The molecule has 0 aromatic heterocycles. The highest BCUT2D eigenvalue weighted by Gasteiger charge is 2.33. The second kappa shape index (κ2) is 11.1. The number of hydrogen-bond donors (Lipinski definition) is 1. The van der Waals surface area contributed by atoms with Gasteiger partial charge < -0.3 is 14.8 Å². The van der Waals surface area contributed by atoms with Crippen molar-refractivity contribution < 1.29 is 32.2 Å². The van der Waals surface area contributed by atoms with Gasteiger partial charge >= 0.3 is 6.18 Å². The standard InChI is InChI=1S/C26H19F3N2O4S2/c1-34-20-11-7-19(8-12-20)31-24(33)22(37-25(31)36)13-16-5-9-21(10-6-16)35-15-23(32)30-18-4-2-3-17(14-18)26(27,28)29/h2-14H,15H2,1H3,(H,30,32)/b22-13-. The van der Waals surface area contributed by atoms with Crippen molar-refractivity contribution in [3.8, 4) is 11.5 Å². The molecule has 0 atom stereocenters. The van der Waals surface area contributed by atoms with Crippen LogP contribution in [0, 0.1) is 0 Å². The number of nitrogens with one attached hydrogen (secondary N) is 1. The molecule has 1 aliphatic rings. The molecule has 0 saturated carbocycles. The predicted octanol–water partition coefficient (Wildman–Crippen LogP) is 6.14.